The van der Waals surface area contributed by atoms with Crippen LogP contribution in [0.4, 0.5) is 0 Å². The van der Waals surface area contributed by atoms with Crippen molar-refractivity contribution in [1.82, 2.24) is 10.6 Å². The molecule has 29 heavy (non-hydrogen) atoms. The van der Waals surface area contributed by atoms with Crippen LogP contribution in [0.5, 0.6) is 0 Å². The summed E-state index contributed by atoms with van der Waals surface area (Å²) < 4.78 is 0. The minimum atomic E-state index is -0.109. The third kappa shape index (κ3) is 4.83. The van der Waals surface area contributed by atoms with Crippen molar-refractivity contribution >= 4 is 46.5 Å². The molecule has 0 saturated carbocycles. The van der Waals surface area contributed by atoms with Gasteiger partial charge in [0.15, 0.2) is 0 Å². The Kier molecular flexibility index (Phi) is 6.23. The molecule has 0 fully saturated rings. The summed E-state index contributed by atoms with van der Waals surface area (Å²) in [6, 6.07) is 16.8. The minimum Gasteiger partial charge on any atom is -0.347 e. The lowest BCUT2D eigenvalue weighted by atomic mass is 10.0. The second kappa shape index (κ2) is 9.03. The summed E-state index contributed by atoms with van der Waals surface area (Å²) >= 11 is 9.35. The number of benzene rings is 2. The van der Waals surface area contributed by atoms with Crippen LogP contribution in [0.15, 0.2) is 64.9 Å². The quantitative estimate of drug-likeness (QED) is 0.563. The van der Waals surface area contributed by atoms with Crippen molar-refractivity contribution in [3.05, 3.63) is 86.6 Å². The number of fused-ring (bicyclic) bond motifs is 1. The molecular weight excluding hydrogens is 424 g/mol. The summed E-state index contributed by atoms with van der Waals surface area (Å²) in [5, 5.41) is 8.57. The second-order valence-electron chi connectivity index (χ2n) is 6.70. The van der Waals surface area contributed by atoms with Gasteiger partial charge in [-0.15, -0.1) is 23.1 Å². The number of carbonyl (C=O) groups excluding carboxylic acids is 2. The first kappa shape index (κ1) is 20.0. The molecule has 0 radical (unpaired) electrons. The van der Waals surface area contributed by atoms with Crippen LogP contribution in [0.25, 0.3) is 0 Å². The third-order valence-electron chi connectivity index (χ3n) is 4.73. The van der Waals surface area contributed by atoms with Crippen LogP contribution >= 0.6 is 34.7 Å². The Bertz CT molecular complexity index is 1020. The normalized spacial score (nSPS) is 15.4. The number of rotatable bonds is 5. The van der Waals surface area contributed by atoms with Crippen LogP contribution in [0.2, 0.25) is 5.02 Å². The standard InChI is InChI=1S/C22H19ClN2O2S2/c23-16-7-8-19-17(12-16)18(9-11-29-19)25-21(26)15-5-3-14(4-6-15)13-24-22(27)20-2-1-10-28-20/h1-8,10,12,18H,9,11,13H2,(H,24,27)(H,25,26). The molecular formula is C22H19ClN2O2S2. The highest BCUT2D eigenvalue weighted by molar-refractivity contribution is 7.99. The largest absolute Gasteiger partial charge is 0.347 e. The van der Waals surface area contributed by atoms with Gasteiger partial charge in [-0.05, 0) is 59.3 Å². The molecule has 1 unspecified atom stereocenters. The van der Waals surface area contributed by atoms with Crippen LogP contribution < -0.4 is 10.6 Å². The van der Waals surface area contributed by atoms with E-state index in [2.05, 4.69) is 10.6 Å². The average molecular weight is 443 g/mol. The summed E-state index contributed by atoms with van der Waals surface area (Å²) in [4.78, 5) is 26.6. The number of hydrogen-bond donors (Lipinski definition) is 2. The molecule has 2 aromatic carbocycles. The molecule has 0 saturated heterocycles. The third-order valence-corrected chi connectivity index (χ3v) is 6.96. The van der Waals surface area contributed by atoms with E-state index < -0.39 is 0 Å². The molecule has 0 spiro atoms. The van der Waals surface area contributed by atoms with E-state index in [0.717, 1.165) is 23.3 Å². The van der Waals surface area contributed by atoms with E-state index in [4.69, 9.17) is 11.6 Å². The van der Waals surface area contributed by atoms with Crippen molar-refractivity contribution < 1.29 is 9.59 Å². The van der Waals surface area contributed by atoms with Gasteiger partial charge in [0.2, 0.25) is 0 Å². The molecule has 2 N–H and O–H groups in total. The fourth-order valence-electron chi connectivity index (χ4n) is 3.21. The first-order valence-electron chi connectivity index (χ1n) is 9.24. The SMILES string of the molecule is O=C(NC1CCSc2ccc(Cl)cc21)c1ccc(CNC(=O)c2cccs2)cc1. The monoisotopic (exact) mass is 442 g/mol. The topological polar surface area (TPSA) is 58.2 Å². The zero-order valence-electron chi connectivity index (χ0n) is 15.5. The number of amides is 2. The molecule has 2 heterocycles. The van der Waals surface area contributed by atoms with E-state index in [1.165, 1.54) is 16.2 Å². The van der Waals surface area contributed by atoms with Gasteiger partial charge in [-0.1, -0.05) is 29.8 Å². The van der Waals surface area contributed by atoms with Gasteiger partial charge in [0.05, 0.1) is 10.9 Å². The van der Waals surface area contributed by atoms with Crippen LogP contribution in [-0.4, -0.2) is 17.6 Å². The van der Waals surface area contributed by atoms with Gasteiger partial charge in [0.1, 0.15) is 0 Å². The maximum atomic E-state index is 12.7. The Morgan fingerprint density at radius 2 is 1.90 bits per heavy atom. The molecule has 2 amide bonds. The van der Waals surface area contributed by atoms with Gasteiger partial charge in [-0.3, -0.25) is 9.59 Å². The highest BCUT2D eigenvalue weighted by Crippen LogP contribution is 2.37. The number of hydrogen-bond acceptors (Lipinski definition) is 4. The van der Waals surface area contributed by atoms with E-state index in [0.29, 0.717) is 22.0 Å². The molecule has 0 bridgehead atoms. The first-order valence-corrected chi connectivity index (χ1v) is 11.5. The van der Waals surface area contributed by atoms with Crippen molar-refractivity contribution in [2.24, 2.45) is 0 Å². The van der Waals surface area contributed by atoms with E-state index in [1.807, 2.05) is 41.8 Å². The van der Waals surface area contributed by atoms with Gasteiger partial charge in [0.25, 0.3) is 11.8 Å². The smallest absolute Gasteiger partial charge is 0.261 e. The maximum absolute atomic E-state index is 12.7. The van der Waals surface area contributed by atoms with Gasteiger partial charge < -0.3 is 10.6 Å². The summed E-state index contributed by atoms with van der Waals surface area (Å²) in [5.74, 6) is 0.763. The highest BCUT2D eigenvalue weighted by Gasteiger charge is 2.23. The van der Waals surface area contributed by atoms with Crippen LogP contribution in [0.3, 0.4) is 0 Å². The van der Waals surface area contributed by atoms with Crippen molar-refractivity contribution in [2.75, 3.05) is 5.75 Å². The Labute approximate surface area is 182 Å². The molecule has 7 heteroatoms. The Hall–Kier alpha value is -2.28. The number of thiophene rings is 1. The van der Waals surface area contributed by atoms with E-state index in [1.54, 1.807) is 30.0 Å². The van der Waals surface area contributed by atoms with Crippen molar-refractivity contribution in [2.45, 2.75) is 23.9 Å². The van der Waals surface area contributed by atoms with Crippen molar-refractivity contribution in [3.63, 3.8) is 0 Å². The van der Waals surface area contributed by atoms with Crippen molar-refractivity contribution in [1.29, 1.82) is 0 Å². The summed E-state index contributed by atoms with van der Waals surface area (Å²) in [6.45, 7) is 0.421. The van der Waals surface area contributed by atoms with E-state index in [9.17, 15) is 9.59 Å². The molecule has 3 aromatic rings. The second-order valence-corrected chi connectivity index (χ2v) is 9.22. The lowest BCUT2D eigenvalue weighted by molar-refractivity contribution is 0.0931. The number of halogens is 1. The van der Waals surface area contributed by atoms with Crippen LogP contribution in [0, 0.1) is 0 Å². The fourth-order valence-corrected chi connectivity index (χ4v) is 5.13. The Morgan fingerprint density at radius 1 is 1.07 bits per heavy atom. The zero-order chi connectivity index (χ0) is 20.2. The fraction of sp³-hybridized carbons (Fsp3) is 0.182. The van der Waals surface area contributed by atoms with Crippen molar-refractivity contribution in [3.8, 4) is 0 Å². The number of nitrogens with one attached hydrogen (secondary N) is 2. The van der Waals surface area contributed by atoms with E-state index in [-0.39, 0.29) is 17.9 Å². The molecule has 1 aliphatic rings. The van der Waals surface area contributed by atoms with Crippen LogP contribution in [0.1, 0.15) is 43.6 Å². The lowest BCUT2D eigenvalue weighted by Crippen LogP contribution is -2.30. The Morgan fingerprint density at radius 3 is 2.66 bits per heavy atom. The minimum absolute atomic E-state index is 0.0396. The molecule has 1 atom stereocenters. The summed E-state index contributed by atoms with van der Waals surface area (Å²) in [6.07, 6.45) is 0.872. The predicted octanol–water partition coefficient (Wildman–Crippen LogP) is 5.30. The highest BCUT2D eigenvalue weighted by atomic mass is 35.5. The molecule has 0 aliphatic carbocycles. The van der Waals surface area contributed by atoms with Crippen LogP contribution in [-0.2, 0) is 6.54 Å². The molecule has 4 nitrogen and oxygen atoms in total. The van der Waals surface area contributed by atoms with Gasteiger partial charge in [-0.2, -0.15) is 0 Å². The van der Waals surface area contributed by atoms with E-state index >= 15 is 0 Å². The average Bonchev–Trinajstić information content (AvgIpc) is 3.28. The van der Waals surface area contributed by atoms with Gasteiger partial charge >= 0.3 is 0 Å². The van der Waals surface area contributed by atoms with Gasteiger partial charge in [0, 0.05) is 27.8 Å². The van der Waals surface area contributed by atoms with Gasteiger partial charge in [-0.25, -0.2) is 0 Å². The molecule has 4 rings (SSSR count). The molecule has 1 aromatic heterocycles. The summed E-state index contributed by atoms with van der Waals surface area (Å²) in [5.41, 5.74) is 2.62. The lowest BCUT2D eigenvalue weighted by Gasteiger charge is -2.26. The first-order chi connectivity index (χ1) is 14.1. The predicted molar refractivity (Wildman–Crippen MR) is 119 cm³/mol. The zero-order valence-corrected chi connectivity index (χ0v) is 17.9. The maximum Gasteiger partial charge on any atom is 0.261 e. The number of carbonyl (C=O) groups is 2. The molecule has 1 aliphatic heterocycles. The molecule has 148 valence electrons. The summed E-state index contributed by atoms with van der Waals surface area (Å²) in [7, 11) is 0. The Balaban J connectivity index is 1.38. The number of thioether (sulfide) groups is 1.